The fourth-order valence-electron chi connectivity index (χ4n) is 4.72. The van der Waals surface area contributed by atoms with Crippen molar-refractivity contribution >= 4 is 45.6 Å². The monoisotopic (exact) mass is 497 g/mol. The number of anilines is 2. The number of nitrogens with two attached hydrogens (primary N) is 1. The fourth-order valence-corrected chi connectivity index (χ4v) is 5.66. The molecule has 34 heavy (non-hydrogen) atoms. The predicted octanol–water partition coefficient (Wildman–Crippen LogP) is 4.30. The molecule has 182 valence electrons. The third-order valence-corrected chi connectivity index (χ3v) is 7.60. The van der Waals surface area contributed by atoms with Crippen LogP contribution in [0.5, 0.6) is 0 Å². The van der Waals surface area contributed by atoms with Gasteiger partial charge < -0.3 is 21.1 Å². The van der Waals surface area contributed by atoms with Crippen LogP contribution in [0.2, 0.25) is 0 Å². The van der Waals surface area contributed by atoms with Crippen LogP contribution >= 0.6 is 24.0 Å². The number of aliphatic hydroxyl groups excluding tert-OH is 1. The van der Waals surface area contributed by atoms with E-state index in [1.807, 2.05) is 12.1 Å². The van der Waals surface area contributed by atoms with Crippen LogP contribution in [0.3, 0.4) is 0 Å². The summed E-state index contributed by atoms with van der Waals surface area (Å²) in [4.78, 5) is 9.26. The second-order valence-corrected chi connectivity index (χ2v) is 10.4. The van der Waals surface area contributed by atoms with Crippen molar-refractivity contribution in [3.05, 3.63) is 60.2 Å². The summed E-state index contributed by atoms with van der Waals surface area (Å²) in [5.74, 6) is 0.766. The number of nitrogens with one attached hydrogen (secondary N) is 1. The number of nitrogens with zero attached hydrogens (tertiary/aromatic N) is 3. The molecule has 2 heterocycles. The topological polar surface area (TPSA) is 77.1 Å². The molecule has 4 rings (SSSR count). The van der Waals surface area contributed by atoms with E-state index in [0.717, 1.165) is 69.7 Å². The molecule has 3 aliphatic rings. The molecule has 6 nitrogen and oxygen atoms in total. The van der Waals surface area contributed by atoms with Crippen LogP contribution in [0.25, 0.3) is 0 Å². The molecule has 1 atom stereocenters. The van der Waals surface area contributed by atoms with E-state index in [0.29, 0.717) is 16.3 Å². The summed E-state index contributed by atoms with van der Waals surface area (Å²) in [5, 5.41) is 14.0. The molecule has 2 fully saturated rings. The van der Waals surface area contributed by atoms with Gasteiger partial charge in [-0.05, 0) is 80.7 Å². The molecule has 1 aliphatic carbocycles. The minimum Gasteiger partial charge on any atom is -0.392 e. The Kier molecular flexibility index (Phi) is 9.21. The van der Waals surface area contributed by atoms with Crippen LogP contribution in [0.4, 0.5) is 11.4 Å². The molecular formula is C26H35N5OS2. The molecule has 0 amide bonds. The van der Waals surface area contributed by atoms with Crippen LogP contribution in [0.1, 0.15) is 32.1 Å². The zero-order chi connectivity index (χ0) is 23.8. The molecule has 0 radical (unpaired) electrons. The number of aliphatic imine (C=N–C) groups is 1. The van der Waals surface area contributed by atoms with Crippen LogP contribution < -0.4 is 16.0 Å². The Labute approximate surface area is 212 Å². The van der Waals surface area contributed by atoms with Gasteiger partial charge in [-0.2, -0.15) is 4.99 Å². The van der Waals surface area contributed by atoms with Crippen molar-refractivity contribution in [1.29, 1.82) is 0 Å². The largest absolute Gasteiger partial charge is 0.392 e. The highest BCUT2D eigenvalue weighted by molar-refractivity contribution is 8.14. The van der Waals surface area contributed by atoms with Gasteiger partial charge in [-0.15, -0.1) is 0 Å². The summed E-state index contributed by atoms with van der Waals surface area (Å²) in [6.07, 6.45) is 15.7. The summed E-state index contributed by atoms with van der Waals surface area (Å²) in [5.41, 5.74) is 9.42. The van der Waals surface area contributed by atoms with E-state index in [-0.39, 0.29) is 6.10 Å². The van der Waals surface area contributed by atoms with Crippen molar-refractivity contribution in [2.75, 3.05) is 42.1 Å². The SMILES string of the molecule is NC(=NC(=S)Nc1ccc(N2CCC(N3CCCC(O)C3)CC2)cc1)SCC1=CC=CCC=C1. The Morgan fingerprint density at radius 3 is 2.71 bits per heavy atom. The number of piperidine rings is 2. The van der Waals surface area contributed by atoms with Crippen molar-refractivity contribution < 1.29 is 5.11 Å². The van der Waals surface area contributed by atoms with Crippen molar-refractivity contribution in [2.24, 2.45) is 10.7 Å². The maximum absolute atomic E-state index is 9.98. The number of likely N-dealkylation sites (tertiary alicyclic amines) is 1. The van der Waals surface area contributed by atoms with E-state index in [1.54, 1.807) is 0 Å². The highest BCUT2D eigenvalue weighted by atomic mass is 32.2. The van der Waals surface area contributed by atoms with E-state index in [9.17, 15) is 5.11 Å². The molecule has 8 heteroatoms. The lowest BCUT2D eigenvalue weighted by molar-refractivity contribution is 0.0398. The average Bonchev–Trinajstić information content (AvgIpc) is 3.12. The van der Waals surface area contributed by atoms with Gasteiger partial charge in [0.1, 0.15) is 0 Å². The fraction of sp³-hybridized carbons (Fsp3) is 0.462. The second kappa shape index (κ2) is 12.5. The Balaban J connectivity index is 1.22. The maximum Gasteiger partial charge on any atom is 0.199 e. The number of aliphatic hydroxyl groups is 1. The first-order chi connectivity index (χ1) is 16.6. The quantitative estimate of drug-likeness (QED) is 0.318. The van der Waals surface area contributed by atoms with Gasteiger partial charge in [-0.1, -0.05) is 42.1 Å². The molecule has 1 aromatic rings. The Bertz CT molecular complexity index is 948. The van der Waals surface area contributed by atoms with Gasteiger partial charge in [0.2, 0.25) is 0 Å². The molecule has 1 unspecified atom stereocenters. The Morgan fingerprint density at radius 2 is 1.94 bits per heavy atom. The first-order valence-electron chi connectivity index (χ1n) is 12.1. The number of thiocarbonyl (C=S) groups is 1. The highest BCUT2D eigenvalue weighted by Crippen LogP contribution is 2.26. The van der Waals surface area contributed by atoms with Gasteiger partial charge in [0.05, 0.1) is 6.10 Å². The molecule has 4 N–H and O–H groups in total. The first kappa shape index (κ1) is 25.0. The first-order valence-corrected chi connectivity index (χ1v) is 13.5. The van der Waals surface area contributed by atoms with Crippen LogP contribution in [-0.2, 0) is 0 Å². The van der Waals surface area contributed by atoms with Gasteiger partial charge >= 0.3 is 0 Å². The number of β-amino-alcohol motifs (C(OH)–C–C–N with tert-alkyl or cyclic N) is 1. The number of hydrogen-bond donors (Lipinski definition) is 3. The summed E-state index contributed by atoms with van der Waals surface area (Å²) in [7, 11) is 0. The lowest BCUT2D eigenvalue weighted by Gasteiger charge is -2.42. The van der Waals surface area contributed by atoms with Crippen molar-refractivity contribution in [3.63, 3.8) is 0 Å². The number of benzene rings is 1. The number of rotatable bonds is 5. The van der Waals surface area contributed by atoms with E-state index in [1.165, 1.54) is 23.0 Å². The predicted molar refractivity (Wildman–Crippen MR) is 150 cm³/mol. The second-order valence-electron chi connectivity index (χ2n) is 9.03. The van der Waals surface area contributed by atoms with E-state index < -0.39 is 0 Å². The zero-order valence-electron chi connectivity index (χ0n) is 19.6. The number of amidine groups is 1. The number of hydrogen-bond acceptors (Lipinski definition) is 5. The molecule has 1 aromatic carbocycles. The summed E-state index contributed by atoms with van der Waals surface area (Å²) >= 11 is 6.87. The minimum atomic E-state index is -0.148. The molecule has 0 spiro atoms. The van der Waals surface area contributed by atoms with Crippen LogP contribution in [-0.4, -0.2) is 64.4 Å². The average molecular weight is 498 g/mol. The van der Waals surface area contributed by atoms with Gasteiger partial charge in [0, 0.05) is 42.8 Å². The Morgan fingerprint density at radius 1 is 1.15 bits per heavy atom. The van der Waals surface area contributed by atoms with E-state index in [2.05, 4.69) is 62.6 Å². The third-order valence-electron chi connectivity index (χ3n) is 6.54. The smallest absolute Gasteiger partial charge is 0.199 e. The molecule has 2 aliphatic heterocycles. The maximum atomic E-state index is 9.98. The summed E-state index contributed by atoms with van der Waals surface area (Å²) in [6.45, 7) is 4.05. The molecular weight excluding hydrogens is 462 g/mol. The lowest BCUT2D eigenvalue weighted by atomic mass is 9.98. The number of allylic oxidation sites excluding steroid dienone is 5. The lowest BCUT2D eigenvalue weighted by Crippen LogP contribution is -2.49. The highest BCUT2D eigenvalue weighted by Gasteiger charge is 2.28. The van der Waals surface area contributed by atoms with Crippen LogP contribution in [0, 0.1) is 0 Å². The van der Waals surface area contributed by atoms with Crippen LogP contribution in [0.15, 0.2) is 65.2 Å². The third kappa shape index (κ3) is 7.43. The minimum absolute atomic E-state index is 0.148. The van der Waals surface area contributed by atoms with Crippen molar-refractivity contribution in [2.45, 2.75) is 44.2 Å². The number of thioether (sulfide) groups is 1. The van der Waals surface area contributed by atoms with E-state index in [4.69, 9.17) is 18.0 Å². The van der Waals surface area contributed by atoms with Gasteiger partial charge in [0.25, 0.3) is 0 Å². The molecule has 0 bridgehead atoms. The van der Waals surface area contributed by atoms with Gasteiger partial charge in [-0.25, -0.2) is 0 Å². The van der Waals surface area contributed by atoms with Gasteiger partial charge in [-0.3, -0.25) is 4.90 Å². The van der Waals surface area contributed by atoms with E-state index >= 15 is 0 Å². The van der Waals surface area contributed by atoms with Crippen molar-refractivity contribution in [3.8, 4) is 0 Å². The molecule has 2 saturated heterocycles. The summed E-state index contributed by atoms with van der Waals surface area (Å²) < 4.78 is 0. The zero-order valence-corrected chi connectivity index (χ0v) is 21.2. The van der Waals surface area contributed by atoms with Gasteiger partial charge in [0.15, 0.2) is 10.3 Å². The standard InChI is InChI=1S/C26H35N5OS2/c27-25(34-19-20-6-3-1-2-4-7-20)29-26(33)28-21-9-11-22(12-10-21)30-16-13-23(14-17-30)31-15-5-8-24(32)18-31/h1,3-4,6-7,9-12,23-24,32H,2,5,8,13-19H2,(H3,27,28,29,33). The molecule has 0 saturated carbocycles. The van der Waals surface area contributed by atoms with Crippen molar-refractivity contribution in [1.82, 2.24) is 4.90 Å². The normalized spacial score (nSPS) is 22.4. The Hall–Kier alpha value is -2.13. The summed E-state index contributed by atoms with van der Waals surface area (Å²) in [6, 6.07) is 8.95. The molecule has 0 aromatic heterocycles.